The third kappa shape index (κ3) is 8.39. The summed E-state index contributed by atoms with van der Waals surface area (Å²) in [6.45, 7) is 1.91. The zero-order valence-corrected chi connectivity index (χ0v) is 8.37. The van der Waals surface area contributed by atoms with Crippen LogP contribution >= 0.6 is 0 Å². The quantitative estimate of drug-likeness (QED) is 0.428. The van der Waals surface area contributed by atoms with Gasteiger partial charge in [-0.25, -0.2) is 0 Å². The molecule has 0 radical (unpaired) electrons. The summed E-state index contributed by atoms with van der Waals surface area (Å²) in [4.78, 5) is 9.96. The summed E-state index contributed by atoms with van der Waals surface area (Å²) in [5.41, 5.74) is 5.13. The second kappa shape index (κ2) is 9.39. The summed E-state index contributed by atoms with van der Waals surface area (Å²) in [7, 11) is 0. The van der Waals surface area contributed by atoms with Crippen molar-refractivity contribution >= 4 is 5.97 Å². The summed E-state index contributed by atoms with van der Waals surface area (Å²) in [6, 6.07) is -0.667. The summed E-state index contributed by atoms with van der Waals surface area (Å²) < 4.78 is 0. The molecule has 5 heteroatoms. The Labute approximate surface area is 82.4 Å². The fourth-order valence-corrected chi connectivity index (χ4v) is 0.434. The van der Waals surface area contributed by atoms with Crippen LogP contribution in [-0.2, 0) is 4.79 Å². The summed E-state index contributed by atoms with van der Waals surface area (Å²) in [5, 5.41) is 8.19. The first-order valence-corrected chi connectivity index (χ1v) is 2.67. The molecule has 1 atom stereocenters. The topological polar surface area (TPSA) is 93.3 Å². The predicted octanol–water partition coefficient (Wildman–Crippen LogP) is -2.97. The molecule has 0 aliphatic carbocycles. The third-order valence-corrected chi connectivity index (χ3v) is 0.917. The van der Waals surface area contributed by atoms with Crippen molar-refractivity contribution in [3.05, 3.63) is 0 Å². The van der Waals surface area contributed by atoms with Gasteiger partial charge in [-0.2, -0.15) is 0 Å². The van der Waals surface area contributed by atoms with Crippen LogP contribution in [0.1, 0.15) is 19.8 Å². The third-order valence-electron chi connectivity index (χ3n) is 0.917. The van der Waals surface area contributed by atoms with Crippen molar-refractivity contribution in [3.8, 4) is 0 Å². The van der Waals surface area contributed by atoms with E-state index in [1.165, 1.54) is 0 Å². The van der Waals surface area contributed by atoms with Gasteiger partial charge in [0.15, 0.2) is 0 Å². The van der Waals surface area contributed by atoms with E-state index in [-0.39, 0.29) is 35.0 Å². The smallest absolute Gasteiger partial charge is 0.870 e. The van der Waals surface area contributed by atoms with E-state index in [2.05, 4.69) is 0 Å². The zero-order valence-electron chi connectivity index (χ0n) is 6.37. The maximum Gasteiger partial charge on any atom is 1.00 e. The molecule has 0 rings (SSSR count). The van der Waals surface area contributed by atoms with Crippen LogP contribution in [0.5, 0.6) is 0 Å². The summed E-state index contributed by atoms with van der Waals surface area (Å²) in [5.74, 6) is -0.910. The first-order valence-electron chi connectivity index (χ1n) is 2.67. The van der Waals surface area contributed by atoms with E-state index in [0.717, 1.165) is 6.42 Å². The molecule has 0 fully saturated rings. The standard InChI is InChI=1S/C5H11NO2.Na.H2O/c1-2-3-4(6)5(7)8;;/h4H,2-3,6H2,1H3,(H,7,8);;1H2/q;+1;/p-1. The van der Waals surface area contributed by atoms with E-state index in [0.29, 0.717) is 6.42 Å². The maximum absolute atomic E-state index is 9.96. The Hall–Kier alpha value is 0.390. The van der Waals surface area contributed by atoms with E-state index >= 15 is 0 Å². The van der Waals surface area contributed by atoms with Gasteiger partial charge in [0.2, 0.25) is 0 Å². The van der Waals surface area contributed by atoms with Crippen LogP contribution in [-0.4, -0.2) is 22.6 Å². The van der Waals surface area contributed by atoms with Crippen molar-refractivity contribution in [2.24, 2.45) is 5.73 Å². The van der Waals surface area contributed by atoms with Crippen molar-refractivity contribution in [1.29, 1.82) is 0 Å². The minimum Gasteiger partial charge on any atom is -0.870 e. The van der Waals surface area contributed by atoms with Gasteiger partial charge in [-0.15, -0.1) is 0 Å². The van der Waals surface area contributed by atoms with Crippen LogP contribution < -0.4 is 35.3 Å². The van der Waals surface area contributed by atoms with Gasteiger partial charge in [0.1, 0.15) is 6.04 Å². The van der Waals surface area contributed by atoms with Gasteiger partial charge in [0.05, 0.1) is 0 Å². The number of carbonyl (C=O) groups is 1. The second-order valence-electron chi connectivity index (χ2n) is 1.73. The van der Waals surface area contributed by atoms with Gasteiger partial charge in [-0.1, -0.05) is 13.3 Å². The van der Waals surface area contributed by atoms with Crippen molar-refractivity contribution in [1.82, 2.24) is 0 Å². The van der Waals surface area contributed by atoms with Crippen molar-refractivity contribution < 1.29 is 44.9 Å². The van der Waals surface area contributed by atoms with Gasteiger partial charge < -0.3 is 16.3 Å². The fourth-order valence-electron chi connectivity index (χ4n) is 0.434. The monoisotopic (exact) mass is 157 g/mol. The van der Waals surface area contributed by atoms with E-state index in [1.54, 1.807) is 0 Å². The number of aliphatic carboxylic acids is 1. The second-order valence-corrected chi connectivity index (χ2v) is 1.73. The van der Waals surface area contributed by atoms with Crippen LogP contribution in [0, 0.1) is 0 Å². The van der Waals surface area contributed by atoms with Gasteiger partial charge in [0.25, 0.3) is 0 Å². The molecule has 56 valence electrons. The molecule has 4 nitrogen and oxygen atoms in total. The zero-order chi connectivity index (χ0) is 6.57. The molecule has 0 spiro atoms. The molecule has 0 aromatic carbocycles. The molecule has 4 N–H and O–H groups in total. The van der Waals surface area contributed by atoms with Crippen molar-refractivity contribution in [3.63, 3.8) is 0 Å². The number of carboxylic acids is 1. The fraction of sp³-hybridized carbons (Fsp3) is 0.800. The molecule has 10 heavy (non-hydrogen) atoms. The molecule has 0 aliphatic heterocycles. The Bertz CT molecular complexity index is 89.0. The van der Waals surface area contributed by atoms with Gasteiger partial charge >= 0.3 is 35.5 Å². The number of carboxylic acid groups (broad SMARTS) is 1. The predicted molar refractivity (Wildman–Crippen MR) is 32.5 cm³/mol. The Morgan fingerprint density at radius 2 is 2.10 bits per heavy atom. The maximum atomic E-state index is 9.96. The number of hydrogen-bond donors (Lipinski definition) is 2. The first kappa shape index (κ1) is 16.8. The normalized spacial score (nSPS) is 10.6. The van der Waals surface area contributed by atoms with Crippen LogP contribution in [0.3, 0.4) is 0 Å². The molecular formula is C5H12NNaO3. The number of nitrogens with two attached hydrogens (primary N) is 1. The Morgan fingerprint density at radius 3 is 2.20 bits per heavy atom. The van der Waals surface area contributed by atoms with Gasteiger partial charge in [-0.05, 0) is 6.42 Å². The van der Waals surface area contributed by atoms with Crippen LogP contribution in [0.4, 0.5) is 0 Å². The van der Waals surface area contributed by atoms with Gasteiger partial charge in [-0.3, -0.25) is 4.79 Å². The van der Waals surface area contributed by atoms with E-state index in [4.69, 9.17) is 10.8 Å². The van der Waals surface area contributed by atoms with Crippen LogP contribution in [0.2, 0.25) is 0 Å². The Balaban J connectivity index is -0.000000245. The van der Waals surface area contributed by atoms with Crippen LogP contribution in [0.15, 0.2) is 0 Å². The van der Waals surface area contributed by atoms with E-state index in [9.17, 15) is 4.79 Å². The number of hydrogen-bond acceptors (Lipinski definition) is 3. The van der Waals surface area contributed by atoms with Crippen molar-refractivity contribution in [2.75, 3.05) is 0 Å². The average Bonchev–Trinajstić information content (AvgIpc) is 1.67. The largest absolute Gasteiger partial charge is 1.00 e. The summed E-state index contributed by atoms with van der Waals surface area (Å²) >= 11 is 0. The average molecular weight is 157 g/mol. The first-order chi connectivity index (χ1) is 3.68. The van der Waals surface area contributed by atoms with Crippen LogP contribution in [0.25, 0.3) is 0 Å². The molecule has 0 aromatic rings. The van der Waals surface area contributed by atoms with Gasteiger partial charge in [0, 0.05) is 0 Å². The molecule has 1 unspecified atom stereocenters. The van der Waals surface area contributed by atoms with E-state index < -0.39 is 12.0 Å². The molecule has 0 bridgehead atoms. The minimum atomic E-state index is -0.910. The molecule has 0 amide bonds. The molecule has 0 saturated heterocycles. The van der Waals surface area contributed by atoms with E-state index in [1.807, 2.05) is 6.92 Å². The molecular weight excluding hydrogens is 145 g/mol. The SMILES string of the molecule is CCCC(N)C(=O)O.[Na+].[OH-]. The molecule has 0 heterocycles. The molecule has 0 aliphatic rings. The number of rotatable bonds is 3. The van der Waals surface area contributed by atoms with Crippen molar-refractivity contribution in [2.45, 2.75) is 25.8 Å². The molecule has 0 aromatic heterocycles. The Kier molecular flexibility index (Phi) is 15.8. The minimum absolute atomic E-state index is 0. The Morgan fingerprint density at radius 1 is 1.70 bits per heavy atom. The molecule has 0 saturated carbocycles. The summed E-state index contributed by atoms with van der Waals surface area (Å²) in [6.07, 6.45) is 1.39.